The first-order chi connectivity index (χ1) is 8.33. The molecule has 0 atom stereocenters. The van der Waals surface area contributed by atoms with E-state index in [1.54, 1.807) is 6.07 Å². The van der Waals surface area contributed by atoms with Gasteiger partial charge in [0, 0.05) is 12.6 Å². The standard InChI is InChI=1S/C8H9N5O4S/c9-5-6-7(13(14)15)1-2-8(12-6)11-3-4-18(10,16)17/h1-2H,3-4H2,(H,11,12)(H2,10,16,17). The van der Waals surface area contributed by atoms with Crippen molar-refractivity contribution in [2.75, 3.05) is 17.6 Å². The number of primary sulfonamides is 1. The Morgan fingerprint density at radius 1 is 1.56 bits per heavy atom. The molecule has 0 radical (unpaired) electrons. The number of aromatic nitrogens is 1. The minimum absolute atomic E-state index is 0.00544. The van der Waals surface area contributed by atoms with Crippen LogP contribution in [0, 0.1) is 21.4 Å². The second-order valence-corrected chi connectivity index (χ2v) is 4.96. The lowest BCUT2D eigenvalue weighted by Gasteiger charge is -2.04. The molecule has 0 fully saturated rings. The average molecular weight is 271 g/mol. The lowest BCUT2D eigenvalue weighted by Crippen LogP contribution is -2.22. The van der Waals surface area contributed by atoms with Gasteiger partial charge >= 0.3 is 5.69 Å². The maximum Gasteiger partial charge on any atom is 0.305 e. The number of nitriles is 1. The van der Waals surface area contributed by atoms with Crippen LogP contribution < -0.4 is 10.5 Å². The molecule has 0 bridgehead atoms. The van der Waals surface area contributed by atoms with E-state index in [0.717, 1.165) is 6.07 Å². The number of rotatable bonds is 5. The van der Waals surface area contributed by atoms with Gasteiger partial charge in [0.25, 0.3) is 0 Å². The minimum Gasteiger partial charge on any atom is -0.369 e. The fourth-order valence-electron chi connectivity index (χ4n) is 1.10. The monoisotopic (exact) mass is 271 g/mol. The highest BCUT2D eigenvalue weighted by Gasteiger charge is 2.15. The van der Waals surface area contributed by atoms with Crippen LogP contribution in [0.3, 0.4) is 0 Å². The summed E-state index contributed by atoms with van der Waals surface area (Å²) >= 11 is 0. The van der Waals surface area contributed by atoms with Crippen molar-refractivity contribution in [2.24, 2.45) is 5.14 Å². The van der Waals surface area contributed by atoms with Gasteiger partial charge in [0.05, 0.1) is 10.7 Å². The molecule has 0 unspecified atom stereocenters. The number of nitro groups is 1. The van der Waals surface area contributed by atoms with Gasteiger partial charge in [-0.3, -0.25) is 10.1 Å². The number of hydrogen-bond donors (Lipinski definition) is 2. The van der Waals surface area contributed by atoms with E-state index in [-0.39, 0.29) is 23.8 Å². The molecule has 1 rings (SSSR count). The van der Waals surface area contributed by atoms with Gasteiger partial charge in [-0.15, -0.1) is 0 Å². The zero-order chi connectivity index (χ0) is 13.8. The van der Waals surface area contributed by atoms with Gasteiger partial charge in [0.15, 0.2) is 0 Å². The SMILES string of the molecule is N#Cc1nc(NCCS(N)(=O)=O)ccc1[N+](=O)[O-]. The highest BCUT2D eigenvalue weighted by atomic mass is 32.2. The number of pyridine rings is 1. The van der Waals surface area contributed by atoms with Crippen molar-refractivity contribution in [2.45, 2.75) is 0 Å². The summed E-state index contributed by atoms with van der Waals surface area (Å²) in [7, 11) is -3.60. The summed E-state index contributed by atoms with van der Waals surface area (Å²) < 4.78 is 21.3. The quantitative estimate of drug-likeness (QED) is 0.543. The number of nitrogens with two attached hydrogens (primary N) is 1. The van der Waals surface area contributed by atoms with E-state index in [2.05, 4.69) is 10.3 Å². The summed E-state index contributed by atoms with van der Waals surface area (Å²) in [5, 5.41) is 26.6. The number of anilines is 1. The Kier molecular flexibility index (Phi) is 4.13. The molecule has 10 heteroatoms. The molecular weight excluding hydrogens is 262 g/mol. The summed E-state index contributed by atoms with van der Waals surface area (Å²) in [5.41, 5.74) is -0.755. The second kappa shape index (κ2) is 5.39. The molecule has 0 aliphatic carbocycles. The Labute approximate surface area is 102 Å². The van der Waals surface area contributed by atoms with Crippen LogP contribution in [0.4, 0.5) is 11.5 Å². The van der Waals surface area contributed by atoms with Crippen molar-refractivity contribution in [1.29, 1.82) is 5.26 Å². The Morgan fingerprint density at radius 3 is 2.72 bits per heavy atom. The molecule has 0 saturated heterocycles. The predicted octanol–water partition coefficient (Wildman–Crippen LogP) is -0.438. The van der Waals surface area contributed by atoms with Gasteiger partial charge in [0.1, 0.15) is 11.9 Å². The molecule has 96 valence electrons. The summed E-state index contributed by atoms with van der Waals surface area (Å²) in [4.78, 5) is 13.5. The number of nitrogens with zero attached hydrogens (tertiary/aromatic N) is 3. The van der Waals surface area contributed by atoms with Crippen molar-refractivity contribution in [3.8, 4) is 6.07 Å². The molecule has 0 spiro atoms. The van der Waals surface area contributed by atoms with Crippen LogP contribution in [0.2, 0.25) is 0 Å². The lowest BCUT2D eigenvalue weighted by molar-refractivity contribution is -0.385. The first kappa shape index (κ1) is 13.8. The number of nitrogens with one attached hydrogen (secondary N) is 1. The molecule has 1 aromatic heterocycles. The van der Waals surface area contributed by atoms with Gasteiger partial charge in [-0.05, 0) is 6.07 Å². The predicted molar refractivity (Wildman–Crippen MR) is 62.1 cm³/mol. The fraction of sp³-hybridized carbons (Fsp3) is 0.250. The van der Waals surface area contributed by atoms with Crippen LogP contribution in [0.5, 0.6) is 0 Å². The van der Waals surface area contributed by atoms with Crippen molar-refractivity contribution < 1.29 is 13.3 Å². The third-order valence-corrected chi connectivity index (χ3v) is 2.64. The Balaban J connectivity index is 2.81. The van der Waals surface area contributed by atoms with Crippen molar-refractivity contribution in [3.63, 3.8) is 0 Å². The smallest absolute Gasteiger partial charge is 0.305 e. The summed E-state index contributed by atoms with van der Waals surface area (Å²) in [6, 6.07) is 3.98. The average Bonchev–Trinajstić information content (AvgIpc) is 2.26. The van der Waals surface area contributed by atoms with Crippen LogP contribution in [0.25, 0.3) is 0 Å². The van der Waals surface area contributed by atoms with E-state index in [4.69, 9.17) is 10.4 Å². The largest absolute Gasteiger partial charge is 0.369 e. The van der Waals surface area contributed by atoms with Crippen LogP contribution in [-0.4, -0.2) is 30.6 Å². The topological polar surface area (TPSA) is 152 Å². The van der Waals surface area contributed by atoms with E-state index in [1.165, 1.54) is 6.07 Å². The fourth-order valence-corrected chi connectivity index (χ4v) is 1.49. The zero-order valence-corrected chi connectivity index (χ0v) is 9.85. The number of hydrogen-bond acceptors (Lipinski definition) is 7. The Bertz CT molecular complexity index is 606. The van der Waals surface area contributed by atoms with E-state index >= 15 is 0 Å². The maximum absolute atomic E-state index is 10.7. The zero-order valence-electron chi connectivity index (χ0n) is 9.03. The minimum atomic E-state index is -3.60. The van der Waals surface area contributed by atoms with E-state index < -0.39 is 20.6 Å². The van der Waals surface area contributed by atoms with E-state index in [0.29, 0.717) is 0 Å². The second-order valence-electron chi connectivity index (χ2n) is 3.23. The molecule has 1 aromatic rings. The van der Waals surface area contributed by atoms with Gasteiger partial charge in [-0.1, -0.05) is 0 Å². The molecular formula is C8H9N5O4S. The molecule has 0 aliphatic heterocycles. The highest BCUT2D eigenvalue weighted by Crippen LogP contribution is 2.17. The Morgan fingerprint density at radius 2 is 2.22 bits per heavy atom. The van der Waals surface area contributed by atoms with Crippen LogP contribution in [0.1, 0.15) is 5.69 Å². The summed E-state index contributed by atoms with van der Waals surface area (Å²) in [5.74, 6) is -0.145. The highest BCUT2D eigenvalue weighted by molar-refractivity contribution is 7.89. The molecule has 0 aromatic carbocycles. The molecule has 0 aliphatic rings. The maximum atomic E-state index is 10.7. The molecule has 0 amide bonds. The summed E-state index contributed by atoms with van der Waals surface area (Å²) in [6.07, 6.45) is 0. The molecule has 18 heavy (non-hydrogen) atoms. The first-order valence-electron chi connectivity index (χ1n) is 4.63. The van der Waals surface area contributed by atoms with Gasteiger partial charge < -0.3 is 5.32 Å². The van der Waals surface area contributed by atoms with E-state index in [1.807, 2.05) is 0 Å². The van der Waals surface area contributed by atoms with Crippen LogP contribution >= 0.6 is 0 Å². The van der Waals surface area contributed by atoms with Crippen molar-refractivity contribution >= 4 is 21.5 Å². The molecule has 9 nitrogen and oxygen atoms in total. The molecule has 3 N–H and O–H groups in total. The van der Waals surface area contributed by atoms with Gasteiger partial charge in [-0.25, -0.2) is 18.5 Å². The normalized spacial score (nSPS) is 10.7. The summed E-state index contributed by atoms with van der Waals surface area (Å²) in [6.45, 7) is -0.00544. The van der Waals surface area contributed by atoms with E-state index in [9.17, 15) is 18.5 Å². The number of sulfonamides is 1. The molecule has 0 saturated carbocycles. The third-order valence-electron chi connectivity index (χ3n) is 1.87. The third kappa shape index (κ3) is 3.96. The first-order valence-corrected chi connectivity index (χ1v) is 6.35. The molecule has 1 heterocycles. The van der Waals surface area contributed by atoms with Crippen LogP contribution in [-0.2, 0) is 10.0 Å². The van der Waals surface area contributed by atoms with Gasteiger partial charge in [-0.2, -0.15) is 5.26 Å². The Hall–Kier alpha value is -2.25. The van der Waals surface area contributed by atoms with Crippen LogP contribution in [0.15, 0.2) is 12.1 Å². The lowest BCUT2D eigenvalue weighted by atomic mass is 10.3. The van der Waals surface area contributed by atoms with Gasteiger partial charge in [0.2, 0.25) is 15.7 Å². The van der Waals surface area contributed by atoms with Crippen molar-refractivity contribution in [1.82, 2.24) is 4.98 Å². The van der Waals surface area contributed by atoms with Crippen molar-refractivity contribution in [3.05, 3.63) is 27.9 Å².